The van der Waals surface area contributed by atoms with Gasteiger partial charge in [0, 0.05) is 28.8 Å². The van der Waals surface area contributed by atoms with Crippen LogP contribution in [0.5, 0.6) is 0 Å². The third-order valence-corrected chi connectivity index (χ3v) is 11.3. The molecule has 1 aliphatic heterocycles. The van der Waals surface area contributed by atoms with E-state index >= 15 is 4.39 Å². The largest absolute Gasteiger partial charge is 0.457 e. The molecule has 2 aromatic carbocycles. The molecule has 3 aromatic rings. The molecule has 5 atom stereocenters. The minimum Gasteiger partial charge on any atom is -0.457 e. The van der Waals surface area contributed by atoms with Gasteiger partial charge in [-0.25, -0.2) is 22.7 Å². The van der Waals surface area contributed by atoms with Crippen LogP contribution in [0.1, 0.15) is 72.5 Å². The van der Waals surface area contributed by atoms with Crippen LogP contribution in [0.2, 0.25) is 10.0 Å². The molecule has 3 saturated carbocycles. The van der Waals surface area contributed by atoms with Gasteiger partial charge in [-0.2, -0.15) is 0 Å². The van der Waals surface area contributed by atoms with Crippen molar-refractivity contribution < 1.29 is 36.4 Å². The van der Waals surface area contributed by atoms with E-state index in [4.69, 9.17) is 42.3 Å². The SMILES string of the molecule is NS(=O)(=O)C1CCC[C@H]1OC(=O)c1ccc(N2C(=O)[C@@H]3C[C@H]2C[C@H]3OCc2c(-c3c(Cl)cccc3Cl)noc2C2CC2)cc1F. The Labute approximate surface area is 269 Å². The third-order valence-electron chi connectivity index (χ3n) is 9.33. The maximum absolute atomic E-state index is 15.2. The van der Waals surface area contributed by atoms with E-state index in [-0.39, 0.29) is 42.6 Å². The second-order valence-corrected chi connectivity index (χ2v) is 14.8. The summed E-state index contributed by atoms with van der Waals surface area (Å²) in [5.74, 6) is -1.44. The van der Waals surface area contributed by atoms with Crippen LogP contribution in [-0.2, 0) is 30.9 Å². The van der Waals surface area contributed by atoms with Crippen LogP contribution in [0.3, 0.4) is 0 Å². The standard InChI is InChI=1S/C31H30Cl2FN3O7S/c32-21-3-1-4-22(33)27(21)28-20(29(44-36-28)15-7-8-15)14-42-25-13-17-11-19(25)30(38)37(17)16-9-10-18(23(34)12-16)31(39)43-24-5-2-6-26(24)45(35,40)41/h1,3-4,9-10,12,15,17,19,24-26H,2,5-8,11,13-14H2,(H2,35,40,41)/t17-,19+,24+,25+,26?/m0/s1. The molecule has 10 nitrogen and oxygen atoms in total. The highest BCUT2D eigenvalue weighted by atomic mass is 35.5. The highest BCUT2D eigenvalue weighted by Crippen LogP contribution is 2.48. The molecule has 2 heterocycles. The topological polar surface area (TPSA) is 142 Å². The smallest absolute Gasteiger partial charge is 0.341 e. The number of fused-ring (bicyclic) bond motifs is 2. The minimum atomic E-state index is -3.91. The predicted octanol–water partition coefficient (Wildman–Crippen LogP) is 5.74. The highest BCUT2D eigenvalue weighted by Gasteiger charge is 2.52. The lowest BCUT2D eigenvalue weighted by Crippen LogP contribution is -2.43. The lowest BCUT2D eigenvalue weighted by atomic mass is 10.0. The second-order valence-electron chi connectivity index (χ2n) is 12.2. The molecule has 4 fully saturated rings. The molecule has 238 valence electrons. The number of hydrogen-bond donors (Lipinski definition) is 1. The Morgan fingerprint density at radius 3 is 2.51 bits per heavy atom. The molecule has 3 aliphatic carbocycles. The molecule has 1 unspecified atom stereocenters. The number of hydrogen-bond acceptors (Lipinski definition) is 8. The molecule has 2 N–H and O–H groups in total. The average Bonchev–Trinajstić information content (AvgIpc) is 3.28. The first-order chi connectivity index (χ1) is 21.5. The summed E-state index contributed by atoms with van der Waals surface area (Å²) in [6.07, 6.45) is 2.92. The van der Waals surface area contributed by atoms with E-state index in [9.17, 15) is 18.0 Å². The van der Waals surface area contributed by atoms with Crippen LogP contribution in [0.15, 0.2) is 40.9 Å². The van der Waals surface area contributed by atoms with Gasteiger partial charge in [0.15, 0.2) is 0 Å². The summed E-state index contributed by atoms with van der Waals surface area (Å²) in [6.45, 7) is 0.173. The molecule has 14 heteroatoms. The van der Waals surface area contributed by atoms with E-state index in [0.29, 0.717) is 52.7 Å². The maximum Gasteiger partial charge on any atom is 0.341 e. The number of piperidine rings is 1. The molecule has 2 bridgehead atoms. The van der Waals surface area contributed by atoms with Gasteiger partial charge in [0.25, 0.3) is 0 Å². The van der Waals surface area contributed by atoms with Crippen LogP contribution in [0, 0.1) is 11.7 Å². The number of carbonyl (C=O) groups excluding carboxylic acids is 2. The van der Waals surface area contributed by atoms with Crippen LogP contribution >= 0.6 is 23.2 Å². The number of rotatable bonds is 9. The summed E-state index contributed by atoms with van der Waals surface area (Å²) in [5, 5.41) is 9.45. The Balaban J connectivity index is 1.03. The third kappa shape index (κ3) is 5.65. The monoisotopic (exact) mass is 677 g/mol. The molecule has 45 heavy (non-hydrogen) atoms. The Morgan fingerprint density at radius 1 is 1.09 bits per heavy atom. The van der Waals surface area contributed by atoms with Gasteiger partial charge in [0.05, 0.1) is 34.2 Å². The maximum atomic E-state index is 15.2. The molecular formula is C31H30Cl2FN3O7S. The first-order valence-corrected chi connectivity index (χ1v) is 17.3. The minimum absolute atomic E-state index is 0.173. The van der Waals surface area contributed by atoms with Crippen LogP contribution in [0.4, 0.5) is 10.1 Å². The van der Waals surface area contributed by atoms with Gasteiger partial charge < -0.3 is 18.9 Å². The fourth-order valence-electron chi connectivity index (χ4n) is 6.99. The number of benzene rings is 2. The zero-order valence-corrected chi connectivity index (χ0v) is 26.3. The number of primary sulfonamides is 1. The number of carbonyl (C=O) groups is 2. The van der Waals surface area contributed by atoms with Gasteiger partial charge in [-0.3, -0.25) is 4.79 Å². The fourth-order valence-corrected chi connectivity index (χ4v) is 8.67. The number of aromatic nitrogens is 1. The van der Waals surface area contributed by atoms with Gasteiger partial charge in [-0.15, -0.1) is 0 Å². The first-order valence-electron chi connectivity index (χ1n) is 14.9. The van der Waals surface area contributed by atoms with Gasteiger partial charge in [0.2, 0.25) is 15.9 Å². The zero-order chi connectivity index (χ0) is 31.6. The fraction of sp³-hybridized carbons (Fsp3) is 0.452. The second kappa shape index (κ2) is 11.6. The van der Waals surface area contributed by atoms with Gasteiger partial charge in [-0.05, 0) is 75.3 Å². The van der Waals surface area contributed by atoms with Crippen LogP contribution < -0.4 is 10.0 Å². The van der Waals surface area contributed by atoms with Crippen molar-refractivity contribution in [2.75, 3.05) is 4.90 Å². The van der Waals surface area contributed by atoms with Gasteiger partial charge in [-0.1, -0.05) is 34.4 Å². The first kappa shape index (κ1) is 30.6. The summed E-state index contributed by atoms with van der Waals surface area (Å²) in [6, 6.07) is 8.91. The van der Waals surface area contributed by atoms with E-state index in [0.717, 1.165) is 30.2 Å². The molecule has 1 amide bonds. The average molecular weight is 679 g/mol. The summed E-state index contributed by atoms with van der Waals surface area (Å²) in [4.78, 5) is 27.8. The number of ether oxygens (including phenoxy) is 2. The van der Waals surface area contributed by atoms with Crippen molar-refractivity contribution in [2.24, 2.45) is 11.1 Å². The Kier molecular flexibility index (Phi) is 7.92. The summed E-state index contributed by atoms with van der Waals surface area (Å²) >= 11 is 12.9. The van der Waals surface area contributed by atoms with E-state index in [1.807, 2.05) is 0 Å². The Morgan fingerprint density at radius 2 is 1.84 bits per heavy atom. The number of sulfonamides is 1. The van der Waals surface area contributed by atoms with Gasteiger partial charge in [0.1, 0.15) is 28.6 Å². The predicted molar refractivity (Wildman–Crippen MR) is 163 cm³/mol. The van der Waals surface area contributed by atoms with E-state index in [1.165, 1.54) is 12.1 Å². The van der Waals surface area contributed by atoms with Crippen molar-refractivity contribution in [1.29, 1.82) is 0 Å². The van der Waals surface area contributed by atoms with E-state index in [2.05, 4.69) is 5.16 Å². The van der Waals surface area contributed by atoms with Crippen LogP contribution in [0.25, 0.3) is 11.3 Å². The highest BCUT2D eigenvalue weighted by molar-refractivity contribution is 7.89. The number of nitrogens with two attached hydrogens (primary N) is 1. The number of nitrogens with zero attached hydrogens (tertiary/aromatic N) is 2. The lowest BCUT2D eigenvalue weighted by Gasteiger charge is -2.31. The van der Waals surface area contributed by atoms with Crippen molar-refractivity contribution >= 4 is 50.8 Å². The zero-order valence-electron chi connectivity index (χ0n) is 24.0. The van der Waals surface area contributed by atoms with Crippen molar-refractivity contribution in [3.8, 4) is 11.3 Å². The van der Waals surface area contributed by atoms with Crippen molar-refractivity contribution in [2.45, 2.75) is 81.0 Å². The van der Waals surface area contributed by atoms with Crippen LogP contribution in [-0.4, -0.2) is 49.0 Å². The Hall–Kier alpha value is -3.03. The van der Waals surface area contributed by atoms with Crippen molar-refractivity contribution in [3.05, 3.63) is 69.1 Å². The molecule has 1 aromatic heterocycles. The van der Waals surface area contributed by atoms with E-state index in [1.54, 1.807) is 23.1 Å². The quantitative estimate of drug-likeness (QED) is 0.283. The van der Waals surface area contributed by atoms with Crippen molar-refractivity contribution in [3.63, 3.8) is 0 Å². The number of anilines is 1. The molecule has 1 saturated heterocycles. The molecule has 0 radical (unpaired) electrons. The summed E-state index contributed by atoms with van der Waals surface area (Å²) in [7, 11) is -3.91. The summed E-state index contributed by atoms with van der Waals surface area (Å²) in [5.41, 5.74) is 1.87. The van der Waals surface area contributed by atoms with Gasteiger partial charge >= 0.3 is 5.97 Å². The number of halogens is 3. The Bertz CT molecular complexity index is 1780. The van der Waals surface area contributed by atoms with E-state index < -0.39 is 39.1 Å². The molecular weight excluding hydrogens is 648 g/mol. The number of esters is 1. The molecule has 4 aliphatic rings. The summed E-state index contributed by atoms with van der Waals surface area (Å²) < 4.78 is 56.3. The number of amides is 1. The molecule has 7 rings (SSSR count). The molecule has 0 spiro atoms. The normalized spacial score (nSPS) is 26.2. The van der Waals surface area contributed by atoms with Crippen molar-refractivity contribution in [1.82, 2.24) is 5.16 Å². The lowest BCUT2D eigenvalue weighted by molar-refractivity contribution is -0.126.